The normalized spacial score (nSPS) is 13.7. The highest BCUT2D eigenvalue weighted by Crippen LogP contribution is 2.14. The summed E-state index contributed by atoms with van der Waals surface area (Å²) in [7, 11) is -3.18. The summed E-state index contributed by atoms with van der Waals surface area (Å²) >= 11 is 0. The zero-order valence-corrected chi connectivity index (χ0v) is 9.37. The van der Waals surface area contributed by atoms with Crippen LogP contribution < -0.4 is 5.73 Å². The predicted octanol–water partition coefficient (Wildman–Crippen LogP) is 0.654. The van der Waals surface area contributed by atoms with Crippen molar-refractivity contribution >= 4 is 9.84 Å². The first-order valence-electron chi connectivity index (χ1n) is 4.65. The number of hydrogen-bond acceptors (Lipinski definition) is 4. The highest BCUT2D eigenvalue weighted by Gasteiger charge is 2.19. The van der Waals surface area contributed by atoms with Gasteiger partial charge in [-0.2, -0.15) is 0 Å². The van der Waals surface area contributed by atoms with E-state index in [1.54, 1.807) is 19.1 Å². The topological polar surface area (TPSA) is 80.4 Å². The molecule has 5 heteroatoms. The lowest BCUT2D eigenvalue weighted by molar-refractivity contribution is 0.475. The van der Waals surface area contributed by atoms with Gasteiger partial charge in [-0.05, 0) is 24.6 Å². The molecule has 0 heterocycles. The number of nitrogens with two attached hydrogens (primary N) is 1. The molecule has 0 aliphatic heterocycles. The molecule has 1 unspecified atom stereocenters. The van der Waals surface area contributed by atoms with Crippen LogP contribution in [0, 0.1) is 0 Å². The van der Waals surface area contributed by atoms with Crippen LogP contribution in [0.2, 0.25) is 0 Å². The average molecular weight is 229 g/mol. The van der Waals surface area contributed by atoms with Crippen molar-refractivity contribution < 1.29 is 13.5 Å². The van der Waals surface area contributed by atoms with Crippen LogP contribution >= 0.6 is 0 Å². The minimum atomic E-state index is -3.18. The first-order valence-corrected chi connectivity index (χ1v) is 6.37. The van der Waals surface area contributed by atoms with E-state index in [4.69, 9.17) is 10.8 Å². The van der Waals surface area contributed by atoms with Gasteiger partial charge in [0.05, 0.1) is 11.0 Å². The van der Waals surface area contributed by atoms with Gasteiger partial charge in [-0.1, -0.05) is 12.1 Å². The van der Waals surface area contributed by atoms with E-state index in [0.717, 1.165) is 0 Å². The third kappa shape index (κ3) is 3.21. The smallest absolute Gasteiger partial charge is 0.158 e. The van der Waals surface area contributed by atoms with Gasteiger partial charge in [-0.3, -0.25) is 0 Å². The molecule has 0 aliphatic carbocycles. The van der Waals surface area contributed by atoms with Gasteiger partial charge in [0.15, 0.2) is 9.84 Å². The fourth-order valence-electron chi connectivity index (χ4n) is 1.11. The average Bonchev–Trinajstić information content (AvgIpc) is 2.20. The van der Waals surface area contributed by atoms with Crippen LogP contribution in [0.1, 0.15) is 12.5 Å². The van der Waals surface area contributed by atoms with Crippen molar-refractivity contribution in [1.82, 2.24) is 0 Å². The summed E-state index contributed by atoms with van der Waals surface area (Å²) in [5.74, 6) is 0.0917. The van der Waals surface area contributed by atoms with Gasteiger partial charge in [0.25, 0.3) is 0 Å². The third-order valence-electron chi connectivity index (χ3n) is 2.25. The Bertz CT molecular complexity index is 411. The molecule has 1 aromatic rings. The zero-order chi connectivity index (χ0) is 11.5. The molecule has 84 valence electrons. The summed E-state index contributed by atoms with van der Waals surface area (Å²) in [5, 5.41) is 8.51. The van der Waals surface area contributed by atoms with E-state index >= 15 is 0 Å². The van der Waals surface area contributed by atoms with Crippen LogP contribution in [0.25, 0.3) is 0 Å². The number of phenolic OH excluding ortho intramolecular Hbond substituents is 1. The van der Waals surface area contributed by atoms with Crippen LogP contribution in [0.15, 0.2) is 24.3 Å². The summed E-state index contributed by atoms with van der Waals surface area (Å²) in [6, 6.07) is 6.13. The van der Waals surface area contributed by atoms with Crippen molar-refractivity contribution in [2.75, 3.05) is 6.54 Å². The minimum absolute atomic E-state index is 0.0361. The molecule has 1 rings (SSSR count). The van der Waals surface area contributed by atoms with Crippen LogP contribution in [0.3, 0.4) is 0 Å². The summed E-state index contributed by atoms with van der Waals surface area (Å²) in [6.07, 6.45) is 0. The Morgan fingerprint density at radius 3 is 2.33 bits per heavy atom. The van der Waals surface area contributed by atoms with Gasteiger partial charge >= 0.3 is 0 Å². The van der Waals surface area contributed by atoms with E-state index in [1.807, 2.05) is 0 Å². The summed E-state index contributed by atoms with van der Waals surface area (Å²) in [6.45, 7) is 1.72. The lowest BCUT2D eigenvalue weighted by Gasteiger charge is -2.10. The first kappa shape index (κ1) is 12.0. The van der Waals surface area contributed by atoms with Crippen molar-refractivity contribution in [1.29, 1.82) is 0 Å². The molecule has 0 fully saturated rings. The van der Waals surface area contributed by atoms with Gasteiger partial charge < -0.3 is 10.8 Å². The summed E-state index contributed by atoms with van der Waals surface area (Å²) in [4.78, 5) is 0. The second-order valence-corrected chi connectivity index (χ2v) is 5.94. The van der Waals surface area contributed by atoms with Crippen LogP contribution in [0.5, 0.6) is 5.75 Å². The highest BCUT2D eigenvalue weighted by molar-refractivity contribution is 7.91. The number of benzene rings is 1. The van der Waals surface area contributed by atoms with Gasteiger partial charge in [0, 0.05) is 6.54 Å². The minimum Gasteiger partial charge on any atom is -0.508 e. The molecule has 1 atom stereocenters. The lowest BCUT2D eigenvalue weighted by Crippen LogP contribution is -2.27. The van der Waals surface area contributed by atoms with E-state index < -0.39 is 15.1 Å². The SMILES string of the molecule is CC(CN)S(=O)(=O)Cc1ccc(O)cc1. The Hall–Kier alpha value is -1.07. The maximum Gasteiger partial charge on any atom is 0.158 e. The first-order chi connectivity index (χ1) is 6.95. The number of rotatable bonds is 4. The number of aromatic hydroxyl groups is 1. The maximum absolute atomic E-state index is 11.7. The Labute approximate surface area is 89.7 Å². The number of sulfone groups is 1. The quantitative estimate of drug-likeness (QED) is 0.794. The van der Waals surface area contributed by atoms with E-state index in [2.05, 4.69) is 0 Å². The number of phenols is 1. The standard InChI is InChI=1S/C10H15NO3S/c1-8(6-11)15(13,14)7-9-2-4-10(12)5-3-9/h2-5,8,12H,6-7,11H2,1H3. The number of hydrogen-bond donors (Lipinski definition) is 2. The molecule has 0 radical (unpaired) electrons. The largest absolute Gasteiger partial charge is 0.508 e. The molecule has 0 amide bonds. The Morgan fingerprint density at radius 2 is 1.87 bits per heavy atom. The maximum atomic E-state index is 11.7. The Balaban J connectivity index is 2.82. The molecule has 0 bridgehead atoms. The highest BCUT2D eigenvalue weighted by atomic mass is 32.2. The fraction of sp³-hybridized carbons (Fsp3) is 0.400. The molecular weight excluding hydrogens is 214 g/mol. The summed E-state index contributed by atoms with van der Waals surface area (Å²) in [5.41, 5.74) is 5.98. The van der Waals surface area contributed by atoms with Gasteiger partial charge in [0.1, 0.15) is 5.75 Å². The molecule has 15 heavy (non-hydrogen) atoms. The van der Waals surface area contributed by atoms with Crippen molar-refractivity contribution in [3.8, 4) is 5.75 Å². The predicted molar refractivity (Wildman–Crippen MR) is 59.2 cm³/mol. The molecule has 4 nitrogen and oxygen atoms in total. The monoisotopic (exact) mass is 229 g/mol. The fourth-order valence-corrected chi connectivity index (χ4v) is 2.35. The Kier molecular flexibility index (Phi) is 3.71. The molecule has 3 N–H and O–H groups in total. The van der Waals surface area contributed by atoms with Crippen LogP contribution in [-0.2, 0) is 15.6 Å². The van der Waals surface area contributed by atoms with E-state index in [1.165, 1.54) is 12.1 Å². The van der Waals surface area contributed by atoms with Gasteiger partial charge in [-0.15, -0.1) is 0 Å². The van der Waals surface area contributed by atoms with Crippen molar-refractivity contribution in [3.63, 3.8) is 0 Å². The van der Waals surface area contributed by atoms with Crippen molar-refractivity contribution in [2.45, 2.75) is 17.9 Å². The van der Waals surface area contributed by atoms with Gasteiger partial charge in [0.2, 0.25) is 0 Å². The second-order valence-electron chi connectivity index (χ2n) is 3.52. The molecule has 0 saturated carbocycles. The van der Waals surface area contributed by atoms with Crippen molar-refractivity contribution in [2.24, 2.45) is 5.73 Å². The van der Waals surface area contributed by atoms with E-state index in [9.17, 15) is 8.42 Å². The van der Waals surface area contributed by atoms with Crippen LogP contribution in [0.4, 0.5) is 0 Å². The van der Waals surface area contributed by atoms with E-state index in [-0.39, 0.29) is 18.0 Å². The molecule has 0 aliphatic rings. The van der Waals surface area contributed by atoms with Crippen LogP contribution in [-0.4, -0.2) is 25.3 Å². The Morgan fingerprint density at radius 1 is 1.33 bits per heavy atom. The molecule has 0 aromatic heterocycles. The molecule has 0 spiro atoms. The summed E-state index contributed by atoms with van der Waals surface area (Å²) < 4.78 is 23.3. The molecule has 1 aromatic carbocycles. The second kappa shape index (κ2) is 4.63. The van der Waals surface area contributed by atoms with Crippen molar-refractivity contribution in [3.05, 3.63) is 29.8 Å². The lowest BCUT2D eigenvalue weighted by atomic mass is 10.2. The molecular formula is C10H15NO3S. The zero-order valence-electron chi connectivity index (χ0n) is 8.55. The molecule has 0 saturated heterocycles. The third-order valence-corrected chi connectivity index (χ3v) is 4.40. The van der Waals surface area contributed by atoms with E-state index in [0.29, 0.717) is 5.56 Å². The van der Waals surface area contributed by atoms with Gasteiger partial charge in [-0.25, -0.2) is 8.42 Å².